The number of para-hydroxylation sites is 1. The molecule has 5 nitrogen and oxygen atoms in total. The standard InChI is InChI=1S/C23H20N2O3/c24-22-14-21(28-25-22)19-12-7-13-20(26-15-17-8-3-1-4-9-17)23(19)27-16-18-10-5-2-6-11-18/h1-14H,15-16H2,(H2,24,25). The Bertz CT molecular complexity index is 1030. The Morgan fingerprint density at radius 2 is 1.39 bits per heavy atom. The summed E-state index contributed by atoms with van der Waals surface area (Å²) in [6.07, 6.45) is 0. The van der Waals surface area contributed by atoms with Crippen molar-refractivity contribution in [2.45, 2.75) is 13.2 Å². The summed E-state index contributed by atoms with van der Waals surface area (Å²) in [7, 11) is 0. The summed E-state index contributed by atoms with van der Waals surface area (Å²) in [6, 6.07) is 27.3. The maximum Gasteiger partial charge on any atom is 0.172 e. The van der Waals surface area contributed by atoms with E-state index >= 15 is 0 Å². The van der Waals surface area contributed by atoms with Gasteiger partial charge in [-0.3, -0.25) is 0 Å². The number of nitrogen functional groups attached to an aromatic ring is 1. The minimum atomic E-state index is 0.319. The molecule has 2 N–H and O–H groups in total. The number of aromatic nitrogens is 1. The first kappa shape index (κ1) is 17.7. The summed E-state index contributed by atoms with van der Waals surface area (Å²) in [5.74, 6) is 2.08. The highest BCUT2D eigenvalue weighted by atomic mass is 16.5. The molecule has 0 amide bonds. The van der Waals surface area contributed by atoms with Crippen molar-refractivity contribution in [2.24, 2.45) is 0 Å². The molecule has 140 valence electrons. The fraction of sp³-hybridized carbons (Fsp3) is 0.0870. The van der Waals surface area contributed by atoms with Crippen molar-refractivity contribution in [2.75, 3.05) is 5.73 Å². The number of anilines is 1. The lowest BCUT2D eigenvalue weighted by Gasteiger charge is -2.15. The predicted octanol–water partition coefficient (Wildman–Crippen LogP) is 5.08. The number of nitrogens with two attached hydrogens (primary N) is 1. The van der Waals surface area contributed by atoms with Gasteiger partial charge < -0.3 is 19.7 Å². The van der Waals surface area contributed by atoms with E-state index in [-0.39, 0.29) is 0 Å². The smallest absolute Gasteiger partial charge is 0.172 e. The second-order valence-corrected chi connectivity index (χ2v) is 6.30. The molecule has 1 aromatic heterocycles. The van der Waals surface area contributed by atoms with E-state index in [1.54, 1.807) is 6.07 Å². The van der Waals surface area contributed by atoms with Crippen molar-refractivity contribution in [1.29, 1.82) is 0 Å². The lowest BCUT2D eigenvalue weighted by Crippen LogP contribution is -2.02. The molecule has 4 rings (SSSR count). The Kier molecular flexibility index (Phi) is 5.24. The SMILES string of the molecule is Nc1cc(-c2cccc(OCc3ccccc3)c2OCc2ccccc2)on1. The van der Waals surface area contributed by atoms with E-state index in [1.807, 2.05) is 78.9 Å². The van der Waals surface area contributed by atoms with Gasteiger partial charge in [-0.25, -0.2) is 0 Å². The quantitative estimate of drug-likeness (QED) is 0.490. The zero-order valence-electron chi connectivity index (χ0n) is 15.2. The van der Waals surface area contributed by atoms with Crippen LogP contribution < -0.4 is 15.2 Å². The van der Waals surface area contributed by atoms with Crippen LogP contribution in [0.5, 0.6) is 11.5 Å². The molecule has 0 bridgehead atoms. The molecule has 0 aliphatic heterocycles. The van der Waals surface area contributed by atoms with Crippen LogP contribution in [-0.4, -0.2) is 5.16 Å². The van der Waals surface area contributed by atoms with Gasteiger partial charge in [0.25, 0.3) is 0 Å². The van der Waals surface area contributed by atoms with Crippen molar-refractivity contribution in [1.82, 2.24) is 5.16 Å². The molecule has 5 heteroatoms. The summed E-state index contributed by atoms with van der Waals surface area (Å²) < 4.78 is 17.6. The topological polar surface area (TPSA) is 70.5 Å². The van der Waals surface area contributed by atoms with Gasteiger partial charge in [0, 0.05) is 6.07 Å². The molecule has 0 radical (unpaired) electrons. The van der Waals surface area contributed by atoms with Gasteiger partial charge in [0.2, 0.25) is 0 Å². The van der Waals surface area contributed by atoms with E-state index in [4.69, 9.17) is 19.7 Å². The third-order valence-corrected chi connectivity index (χ3v) is 4.24. The molecular weight excluding hydrogens is 352 g/mol. The van der Waals surface area contributed by atoms with Gasteiger partial charge in [-0.2, -0.15) is 0 Å². The summed E-state index contributed by atoms with van der Waals surface area (Å²) in [5, 5.41) is 3.78. The van der Waals surface area contributed by atoms with Gasteiger partial charge in [-0.15, -0.1) is 0 Å². The lowest BCUT2D eigenvalue weighted by molar-refractivity contribution is 0.256. The van der Waals surface area contributed by atoms with E-state index in [0.717, 1.165) is 16.7 Å². The normalized spacial score (nSPS) is 10.6. The monoisotopic (exact) mass is 372 g/mol. The third kappa shape index (κ3) is 4.15. The van der Waals surface area contributed by atoms with Gasteiger partial charge in [-0.1, -0.05) is 71.9 Å². The Morgan fingerprint density at radius 1 is 0.750 bits per heavy atom. The van der Waals surface area contributed by atoms with E-state index < -0.39 is 0 Å². The van der Waals surface area contributed by atoms with Crippen LogP contribution >= 0.6 is 0 Å². The first-order valence-corrected chi connectivity index (χ1v) is 8.98. The predicted molar refractivity (Wildman–Crippen MR) is 108 cm³/mol. The maximum absolute atomic E-state index is 6.15. The van der Waals surface area contributed by atoms with E-state index in [0.29, 0.717) is 36.3 Å². The molecule has 0 unspecified atom stereocenters. The lowest BCUT2D eigenvalue weighted by atomic mass is 10.1. The van der Waals surface area contributed by atoms with Gasteiger partial charge in [-0.05, 0) is 23.3 Å². The highest BCUT2D eigenvalue weighted by molar-refractivity contribution is 5.71. The zero-order valence-corrected chi connectivity index (χ0v) is 15.2. The molecule has 4 aromatic rings. The second-order valence-electron chi connectivity index (χ2n) is 6.30. The fourth-order valence-corrected chi connectivity index (χ4v) is 2.85. The first-order chi connectivity index (χ1) is 13.8. The van der Waals surface area contributed by atoms with Crippen LogP contribution in [-0.2, 0) is 13.2 Å². The Balaban J connectivity index is 1.64. The molecule has 0 saturated carbocycles. The van der Waals surface area contributed by atoms with Crippen molar-refractivity contribution in [3.63, 3.8) is 0 Å². The Hall–Kier alpha value is -3.73. The van der Waals surface area contributed by atoms with Crippen molar-refractivity contribution in [3.05, 3.63) is 96.1 Å². The fourth-order valence-electron chi connectivity index (χ4n) is 2.85. The summed E-state index contributed by atoms with van der Waals surface area (Å²) in [4.78, 5) is 0. The van der Waals surface area contributed by atoms with E-state index in [9.17, 15) is 0 Å². The van der Waals surface area contributed by atoms with Gasteiger partial charge in [0.1, 0.15) is 13.2 Å². The minimum absolute atomic E-state index is 0.319. The summed E-state index contributed by atoms with van der Waals surface area (Å²) in [6.45, 7) is 0.841. The number of nitrogens with zero attached hydrogens (tertiary/aromatic N) is 1. The highest BCUT2D eigenvalue weighted by Crippen LogP contribution is 2.39. The van der Waals surface area contributed by atoms with Crippen LogP contribution in [0.3, 0.4) is 0 Å². The van der Waals surface area contributed by atoms with Gasteiger partial charge in [0.15, 0.2) is 23.1 Å². The molecule has 1 heterocycles. The number of benzene rings is 3. The van der Waals surface area contributed by atoms with E-state index in [2.05, 4.69) is 5.16 Å². The van der Waals surface area contributed by atoms with Crippen molar-refractivity contribution < 1.29 is 14.0 Å². The van der Waals surface area contributed by atoms with Gasteiger partial charge >= 0.3 is 0 Å². The third-order valence-electron chi connectivity index (χ3n) is 4.24. The molecule has 0 spiro atoms. The van der Waals surface area contributed by atoms with Crippen LogP contribution in [0.2, 0.25) is 0 Å². The Labute approximate surface area is 163 Å². The summed E-state index contributed by atoms with van der Waals surface area (Å²) >= 11 is 0. The number of hydrogen-bond donors (Lipinski definition) is 1. The van der Waals surface area contributed by atoms with Crippen LogP contribution in [0.1, 0.15) is 11.1 Å². The van der Waals surface area contributed by atoms with Crippen LogP contribution in [0.25, 0.3) is 11.3 Å². The van der Waals surface area contributed by atoms with Crippen LogP contribution in [0.4, 0.5) is 5.82 Å². The average molecular weight is 372 g/mol. The zero-order chi connectivity index (χ0) is 19.2. The molecule has 28 heavy (non-hydrogen) atoms. The van der Waals surface area contributed by atoms with E-state index in [1.165, 1.54) is 0 Å². The number of hydrogen-bond acceptors (Lipinski definition) is 5. The average Bonchev–Trinajstić information content (AvgIpc) is 3.18. The maximum atomic E-state index is 6.15. The molecule has 0 fully saturated rings. The first-order valence-electron chi connectivity index (χ1n) is 8.98. The molecule has 0 atom stereocenters. The highest BCUT2D eigenvalue weighted by Gasteiger charge is 2.17. The molecule has 0 aliphatic rings. The minimum Gasteiger partial charge on any atom is -0.485 e. The molecule has 0 aliphatic carbocycles. The van der Waals surface area contributed by atoms with Crippen molar-refractivity contribution >= 4 is 5.82 Å². The van der Waals surface area contributed by atoms with Crippen molar-refractivity contribution in [3.8, 4) is 22.8 Å². The second kappa shape index (κ2) is 8.31. The number of rotatable bonds is 7. The molecule has 3 aromatic carbocycles. The Morgan fingerprint density at radius 3 is 2.00 bits per heavy atom. The molecular formula is C23H20N2O3. The van der Waals surface area contributed by atoms with Crippen LogP contribution in [0, 0.1) is 0 Å². The summed E-state index contributed by atoms with van der Waals surface area (Å²) in [5.41, 5.74) is 8.60. The molecule has 0 saturated heterocycles. The van der Waals surface area contributed by atoms with Gasteiger partial charge in [0.05, 0.1) is 5.56 Å². The number of ether oxygens (including phenoxy) is 2. The van der Waals surface area contributed by atoms with Crippen LogP contribution in [0.15, 0.2) is 89.5 Å². The largest absolute Gasteiger partial charge is 0.485 e.